The molecule has 1 N–H and O–H groups in total. The van der Waals surface area contributed by atoms with Crippen molar-refractivity contribution in [3.63, 3.8) is 0 Å². The van der Waals surface area contributed by atoms with Gasteiger partial charge in [-0.05, 0) is 72.0 Å². The van der Waals surface area contributed by atoms with Crippen LogP contribution >= 0.6 is 0 Å². The summed E-state index contributed by atoms with van der Waals surface area (Å²) >= 11 is 0. The van der Waals surface area contributed by atoms with Gasteiger partial charge >= 0.3 is 0 Å². The van der Waals surface area contributed by atoms with Crippen molar-refractivity contribution in [2.75, 3.05) is 19.6 Å². The Hall–Kier alpha value is -0.340. The van der Waals surface area contributed by atoms with Crippen molar-refractivity contribution < 1.29 is 0 Å². The van der Waals surface area contributed by atoms with Crippen molar-refractivity contribution >= 4 is 0 Å². The minimum absolute atomic E-state index is 0.248. The van der Waals surface area contributed by atoms with Crippen LogP contribution in [0.3, 0.4) is 0 Å². The molecule has 0 aromatic rings. The number of likely N-dealkylation sites (tertiary alicyclic amines) is 1. The highest BCUT2D eigenvalue weighted by atomic mass is 15.2. The molecule has 2 aliphatic rings. The van der Waals surface area contributed by atoms with Crippen molar-refractivity contribution in [1.82, 2.24) is 10.2 Å². The van der Waals surface area contributed by atoms with Gasteiger partial charge in [0.15, 0.2) is 0 Å². The SMILES string of the molecule is CCNC(C1=CCCCCCC1)C(C)(C)N1CCCC1. The van der Waals surface area contributed by atoms with Crippen LogP contribution in [0, 0.1) is 0 Å². The topological polar surface area (TPSA) is 15.3 Å². The zero-order valence-electron chi connectivity index (χ0n) is 13.9. The molecule has 2 nitrogen and oxygen atoms in total. The number of rotatable bonds is 5. The Morgan fingerprint density at radius 2 is 1.80 bits per heavy atom. The van der Waals surface area contributed by atoms with Crippen LogP contribution in [0.5, 0.6) is 0 Å². The standard InChI is InChI=1S/C18H34N2/c1-4-19-17(16-12-8-6-5-7-9-13-16)18(2,3)20-14-10-11-15-20/h12,17,19H,4-11,13-15H2,1-3H3. The average molecular weight is 278 g/mol. The predicted molar refractivity (Wildman–Crippen MR) is 88.1 cm³/mol. The Labute approximate surface area is 126 Å². The molecular formula is C18H34N2. The lowest BCUT2D eigenvalue weighted by molar-refractivity contribution is 0.119. The summed E-state index contributed by atoms with van der Waals surface area (Å²) < 4.78 is 0. The van der Waals surface area contributed by atoms with E-state index in [0.717, 1.165) is 6.54 Å². The fourth-order valence-corrected chi connectivity index (χ4v) is 3.99. The summed E-state index contributed by atoms with van der Waals surface area (Å²) in [7, 11) is 0. The first kappa shape index (κ1) is 16.0. The summed E-state index contributed by atoms with van der Waals surface area (Å²) in [6.45, 7) is 10.8. The van der Waals surface area contributed by atoms with Gasteiger partial charge in [-0.1, -0.05) is 31.4 Å². The quantitative estimate of drug-likeness (QED) is 0.761. The Kier molecular flexibility index (Phi) is 6.10. The zero-order valence-corrected chi connectivity index (χ0v) is 13.9. The van der Waals surface area contributed by atoms with E-state index in [1.54, 1.807) is 5.57 Å². The van der Waals surface area contributed by atoms with Gasteiger partial charge in [0, 0.05) is 11.6 Å². The average Bonchev–Trinajstić information content (AvgIpc) is 2.91. The molecule has 116 valence electrons. The third-order valence-corrected chi connectivity index (χ3v) is 5.23. The normalized spacial score (nSPS) is 24.1. The first-order valence-electron chi connectivity index (χ1n) is 8.83. The number of nitrogens with one attached hydrogen (secondary N) is 1. The van der Waals surface area contributed by atoms with Crippen molar-refractivity contribution in [2.24, 2.45) is 0 Å². The molecule has 1 aliphatic heterocycles. The third kappa shape index (κ3) is 3.85. The van der Waals surface area contributed by atoms with E-state index < -0.39 is 0 Å². The van der Waals surface area contributed by atoms with Gasteiger partial charge in [-0.3, -0.25) is 4.90 Å². The molecule has 0 amide bonds. The summed E-state index contributed by atoms with van der Waals surface area (Å²) in [4.78, 5) is 2.71. The Morgan fingerprint density at radius 1 is 1.10 bits per heavy atom. The van der Waals surface area contributed by atoms with Crippen molar-refractivity contribution in [1.29, 1.82) is 0 Å². The first-order chi connectivity index (χ1) is 9.66. The maximum Gasteiger partial charge on any atom is 0.0461 e. The second-order valence-corrected chi connectivity index (χ2v) is 7.07. The van der Waals surface area contributed by atoms with E-state index in [1.165, 1.54) is 64.5 Å². The molecule has 1 atom stereocenters. The molecule has 1 unspecified atom stereocenters. The maximum absolute atomic E-state index is 3.81. The number of hydrogen-bond donors (Lipinski definition) is 1. The lowest BCUT2D eigenvalue weighted by atomic mass is 9.83. The molecule has 1 aliphatic carbocycles. The van der Waals surface area contributed by atoms with Crippen LogP contribution in [-0.4, -0.2) is 36.1 Å². The van der Waals surface area contributed by atoms with Gasteiger partial charge in [0.25, 0.3) is 0 Å². The van der Waals surface area contributed by atoms with Gasteiger partial charge in [0.1, 0.15) is 0 Å². The smallest absolute Gasteiger partial charge is 0.0461 e. The van der Waals surface area contributed by atoms with Crippen LogP contribution in [0.25, 0.3) is 0 Å². The highest BCUT2D eigenvalue weighted by molar-refractivity contribution is 5.19. The minimum Gasteiger partial charge on any atom is -0.309 e. The molecule has 0 spiro atoms. The molecule has 0 saturated carbocycles. The highest BCUT2D eigenvalue weighted by Crippen LogP contribution is 2.31. The van der Waals surface area contributed by atoms with E-state index in [9.17, 15) is 0 Å². The van der Waals surface area contributed by atoms with Crippen LogP contribution in [0.4, 0.5) is 0 Å². The highest BCUT2D eigenvalue weighted by Gasteiger charge is 2.37. The van der Waals surface area contributed by atoms with Crippen LogP contribution in [0.2, 0.25) is 0 Å². The van der Waals surface area contributed by atoms with E-state index in [2.05, 4.69) is 37.1 Å². The number of allylic oxidation sites excluding steroid dienone is 1. The van der Waals surface area contributed by atoms with Gasteiger partial charge in [-0.2, -0.15) is 0 Å². The molecule has 20 heavy (non-hydrogen) atoms. The predicted octanol–water partition coefficient (Wildman–Crippen LogP) is 4.12. The Bertz CT molecular complexity index is 313. The van der Waals surface area contributed by atoms with Crippen molar-refractivity contribution in [3.8, 4) is 0 Å². The summed E-state index contributed by atoms with van der Waals surface area (Å²) in [5, 5.41) is 3.81. The molecule has 1 saturated heterocycles. The molecule has 0 aromatic heterocycles. The van der Waals surface area contributed by atoms with Crippen molar-refractivity contribution in [2.45, 2.75) is 83.7 Å². The minimum atomic E-state index is 0.248. The van der Waals surface area contributed by atoms with Crippen LogP contribution in [0.15, 0.2) is 11.6 Å². The monoisotopic (exact) mass is 278 g/mol. The Balaban J connectivity index is 2.14. The molecule has 0 aromatic carbocycles. The Morgan fingerprint density at radius 3 is 2.50 bits per heavy atom. The molecule has 1 fully saturated rings. The number of likely N-dealkylation sites (N-methyl/N-ethyl adjacent to an activating group) is 1. The largest absolute Gasteiger partial charge is 0.309 e. The lowest BCUT2D eigenvalue weighted by Crippen LogP contribution is -2.57. The second-order valence-electron chi connectivity index (χ2n) is 7.07. The summed E-state index contributed by atoms with van der Waals surface area (Å²) in [6, 6.07) is 0.531. The van der Waals surface area contributed by atoms with E-state index >= 15 is 0 Å². The van der Waals surface area contributed by atoms with Gasteiger partial charge in [-0.15, -0.1) is 0 Å². The number of nitrogens with zero attached hydrogens (tertiary/aromatic N) is 1. The molecular weight excluding hydrogens is 244 g/mol. The van der Waals surface area contributed by atoms with Gasteiger partial charge in [0.05, 0.1) is 0 Å². The van der Waals surface area contributed by atoms with Crippen LogP contribution < -0.4 is 5.32 Å². The fourth-order valence-electron chi connectivity index (χ4n) is 3.99. The molecule has 2 heteroatoms. The van der Waals surface area contributed by atoms with Crippen LogP contribution in [0.1, 0.15) is 72.1 Å². The molecule has 0 bridgehead atoms. The van der Waals surface area contributed by atoms with E-state index in [0.29, 0.717) is 6.04 Å². The molecule has 1 heterocycles. The van der Waals surface area contributed by atoms with E-state index in [-0.39, 0.29) is 5.54 Å². The van der Waals surface area contributed by atoms with Gasteiger partial charge < -0.3 is 5.32 Å². The van der Waals surface area contributed by atoms with E-state index in [4.69, 9.17) is 0 Å². The van der Waals surface area contributed by atoms with Gasteiger partial charge in [-0.25, -0.2) is 0 Å². The molecule has 2 rings (SSSR count). The summed E-state index contributed by atoms with van der Waals surface area (Å²) in [6.07, 6.45) is 13.5. The molecule has 0 radical (unpaired) electrons. The van der Waals surface area contributed by atoms with E-state index in [1.807, 2.05) is 0 Å². The maximum atomic E-state index is 3.81. The summed E-state index contributed by atoms with van der Waals surface area (Å²) in [5.74, 6) is 0. The van der Waals surface area contributed by atoms with Gasteiger partial charge in [0.2, 0.25) is 0 Å². The number of hydrogen-bond acceptors (Lipinski definition) is 2. The third-order valence-electron chi connectivity index (χ3n) is 5.23. The second kappa shape index (κ2) is 7.61. The lowest BCUT2D eigenvalue weighted by Gasteiger charge is -2.44. The first-order valence-corrected chi connectivity index (χ1v) is 8.83. The summed E-state index contributed by atoms with van der Waals surface area (Å²) in [5.41, 5.74) is 1.93. The zero-order chi connectivity index (χ0) is 14.4. The van der Waals surface area contributed by atoms with Crippen LogP contribution in [-0.2, 0) is 0 Å². The fraction of sp³-hybridized carbons (Fsp3) is 0.889. The van der Waals surface area contributed by atoms with Crippen molar-refractivity contribution in [3.05, 3.63) is 11.6 Å².